The molecule has 1 saturated heterocycles. The largest absolute Gasteiger partial charge is 0.483 e. The molecule has 1 atom stereocenters. The lowest BCUT2D eigenvalue weighted by molar-refractivity contribution is -0.122. The predicted octanol–water partition coefficient (Wildman–Crippen LogP) is -0.992. The fraction of sp³-hybridized carbons (Fsp3) is 0.800. The minimum atomic E-state index is -0.250. The van der Waals surface area contributed by atoms with Crippen molar-refractivity contribution < 1.29 is 9.90 Å². The van der Waals surface area contributed by atoms with Crippen LogP contribution in [0, 0.1) is 0 Å². The minimum absolute atomic E-state index is 0.250. The first kappa shape index (κ1) is 8.39. The molecule has 0 aromatic carbocycles. The van der Waals surface area contributed by atoms with E-state index in [1.54, 1.807) is 0 Å². The Labute approximate surface area is 54.0 Å². The summed E-state index contributed by atoms with van der Waals surface area (Å²) in [4.78, 5) is 8.36. The van der Waals surface area contributed by atoms with Crippen molar-refractivity contribution in [2.24, 2.45) is 5.73 Å². The molecule has 0 spiro atoms. The second-order valence-corrected chi connectivity index (χ2v) is 1.86. The summed E-state index contributed by atoms with van der Waals surface area (Å²) in [5.74, 6) is 0. The topological polar surface area (TPSA) is 75.3 Å². The lowest BCUT2D eigenvalue weighted by Gasteiger charge is -1.91. The molecule has 0 unspecified atom stereocenters. The standard InChI is InChI=1S/C4H10N2.CH2O2/c5-4-1-2-6-3-4;2-1-3/h4,6H,1-3,5H2;1H,(H,2,3)/t4-;/m1./s1. The fourth-order valence-corrected chi connectivity index (χ4v) is 0.677. The molecule has 1 heterocycles. The number of rotatable bonds is 0. The SMILES string of the molecule is N[C@@H]1CCNC1.O=CO. The highest BCUT2D eigenvalue weighted by Gasteiger charge is 2.06. The summed E-state index contributed by atoms with van der Waals surface area (Å²) in [5, 5.41) is 10.0. The van der Waals surface area contributed by atoms with E-state index < -0.39 is 0 Å². The zero-order valence-corrected chi connectivity index (χ0v) is 5.21. The van der Waals surface area contributed by atoms with E-state index in [-0.39, 0.29) is 6.47 Å². The van der Waals surface area contributed by atoms with E-state index in [1.807, 2.05) is 0 Å². The molecule has 0 amide bonds. The van der Waals surface area contributed by atoms with Crippen LogP contribution >= 0.6 is 0 Å². The van der Waals surface area contributed by atoms with Gasteiger partial charge in [0.2, 0.25) is 0 Å². The third kappa shape index (κ3) is 5.26. The molecule has 4 heteroatoms. The lowest BCUT2D eigenvalue weighted by Crippen LogP contribution is -2.21. The molecule has 1 aliphatic heterocycles. The Balaban J connectivity index is 0.000000187. The van der Waals surface area contributed by atoms with Gasteiger partial charge in [-0.1, -0.05) is 0 Å². The molecule has 4 nitrogen and oxygen atoms in total. The molecule has 0 bridgehead atoms. The molecule has 54 valence electrons. The van der Waals surface area contributed by atoms with Crippen molar-refractivity contribution >= 4 is 6.47 Å². The van der Waals surface area contributed by atoms with Crippen molar-refractivity contribution in [2.45, 2.75) is 12.5 Å². The average molecular weight is 132 g/mol. The zero-order chi connectivity index (χ0) is 7.11. The molecule has 0 aliphatic carbocycles. The molecule has 9 heavy (non-hydrogen) atoms. The van der Waals surface area contributed by atoms with Gasteiger partial charge in [0.1, 0.15) is 0 Å². The molecule has 0 aromatic rings. The summed E-state index contributed by atoms with van der Waals surface area (Å²) in [6.45, 7) is 1.88. The van der Waals surface area contributed by atoms with Gasteiger partial charge in [-0.15, -0.1) is 0 Å². The molecule has 0 saturated carbocycles. The van der Waals surface area contributed by atoms with E-state index >= 15 is 0 Å². The summed E-state index contributed by atoms with van der Waals surface area (Å²) in [7, 11) is 0. The van der Waals surface area contributed by atoms with Gasteiger partial charge in [0, 0.05) is 12.6 Å². The first-order valence-electron chi connectivity index (χ1n) is 2.85. The maximum absolute atomic E-state index is 8.36. The number of hydrogen-bond acceptors (Lipinski definition) is 3. The maximum Gasteiger partial charge on any atom is 0.290 e. The fourth-order valence-electron chi connectivity index (χ4n) is 0.677. The molecule has 1 aliphatic rings. The van der Waals surface area contributed by atoms with E-state index in [0.717, 1.165) is 19.5 Å². The van der Waals surface area contributed by atoms with Crippen molar-refractivity contribution in [1.29, 1.82) is 0 Å². The van der Waals surface area contributed by atoms with Crippen LogP contribution in [0.1, 0.15) is 6.42 Å². The van der Waals surface area contributed by atoms with E-state index in [9.17, 15) is 0 Å². The van der Waals surface area contributed by atoms with Crippen LogP contribution < -0.4 is 11.1 Å². The molecule has 0 radical (unpaired) electrons. The van der Waals surface area contributed by atoms with Gasteiger partial charge < -0.3 is 16.2 Å². The van der Waals surface area contributed by atoms with Crippen molar-refractivity contribution in [3.63, 3.8) is 0 Å². The number of carboxylic acid groups (broad SMARTS) is 1. The molecule has 1 rings (SSSR count). The van der Waals surface area contributed by atoms with Crippen molar-refractivity contribution in [2.75, 3.05) is 13.1 Å². The van der Waals surface area contributed by atoms with Crippen LogP contribution in [0.3, 0.4) is 0 Å². The lowest BCUT2D eigenvalue weighted by atomic mass is 10.3. The van der Waals surface area contributed by atoms with E-state index in [4.69, 9.17) is 15.6 Å². The summed E-state index contributed by atoms with van der Waals surface area (Å²) < 4.78 is 0. The Morgan fingerprint density at radius 3 is 2.44 bits per heavy atom. The monoisotopic (exact) mass is 132 g/mol. The molecule has 4 N–H and O–H groups in total. The Hall–Kier alpha value is -0.610. The van der Waals surface area contributed by atoms with Crippen LogP contribution in [0.15, 0.2) is 0 Å². The van der Waals surface area contributed by atoms with E-state index in [0.29, 0.717) is 6.04 Å². The highest BCUT2D eigenvalue weighted by atomic mass is 16.3. The quantitative estimate of drug-likeness (QED) is 0.370. The molecule has 0 aromatic heterocycles. The molecular weight excluding hydrogens is 120 g/mol. The van der Waals surface area contributed by atoms with Crippen LogP contribution in [-0.4, -0.2) is 30.7 Å². The van der Waals surface area contributed by atoms with Crippen LogP contribution in [0.2, 0.25) is 0 Å². The average Bonchev–Trinajstić information content (AvgIpc) is 2.20. The minimum Gasteiger partial charge on any atom is -0.483 e. The van der Waals surface area contributed by atoms with E-state index in [2.05, 4.69) is 5.32 Å². The van der Waals surface area contributed by atoms with Gasteiger partial charge in [0.15, 0.2) is 0 Å². The summed E-state index contributed by atoms with van der Waals surface area (Å²) in [6, 6.07) is 0.435. The first-order valence-corrected chi connectivity index (χ1v) is 2.85. The highest BCUT2D eigenvalue weighted by molar-refractivity contribution is 5.32. The van der Waals surface area contributed by atoms with Gasteiger partial charge in [-0.2, -0.15) is 0 Å². The maximum atomic E-state index is 8.36. The molecular formula is C5H12N2O2. The van der Waals surface area contributed by atoms with Crippen molar-refractivity contribution in [3.05, 3.63) is 0 Å². The Kier molecular flexibility index (Phi) is 5.15. The third-order valence-corrected chi connectivity index (χ3v) is 1.10. The van der Waals surface area contributed by atoms with Gasteiger partial charge in [0.05, 0.1) is 0 Å². The normalized spacial score (nSPS) is 24.3. The van der Waals surface area contributed by atoms with Gasteiger partial charge in [-0.25, -0.2) is 0 Å². The molecule has 1 fully saturated rings. The Morgan fingerprint density at radius 2 is 2.33 bits per heavy atom. The summed E-state index contributed by atoms with van der Waals surface area (Å²) in [6.07, 6.45) is 1.15. The third-order valence-electron chi connectivity index (χ3n) is 1.10. The van der Waals surface area contributed by atoms with Crippen molar-refractivity contribution in [1.82, 2.24) is 5.32 Å². The second kappa shape index (κ2) is 5.53. The number of carbonyl (C=O) groups is 1. The first-order chi connectivity index (χ1) is 4.31. The van der Waals surface area contributed by atoms with Crippen LogP contribution in [-0.2, 0) is 4.79 Å². The zero-order valence-electron chi connectivity index (χ0n) is 5.21. The van der Waals surface area contributed by atoms with E-state index in [1.165, 1.54) is 0 Å². The summed E-state index contributed by atoms with van der Waals surface area (Å²) >= 11 is 0. The van der Waals surface area contributed by atoms with Gasteiger partial charge in [-0.05, 0) is 13.0 Å². The highest BCUT2D eigenvalue weighted by Crippen LogP contribution is 1.90. The van der Waals surface area contributed by atoms with Crippen LogP contribution in [0.5, 0.6) is 0 Å². The van der Waals surface area contributed by atoms with Crippen molar-refractivity contribution in [3.8, 4) is 0 Å². The van der Waals surface area contributed by atoms with Crippen LogP contribution in [0.4, 0.5) is 0 Å². The Bertz CT molecular complexity index is 71.4. The van der Waals surface area contributed by atoms with Gasteiger partial charge >= 0.3 is 0 Å². The van der Waals surface area contributed by atoms with Crippen LogP contribution in [0.25, 0.3) is 0 Å². The van der Waals surface area contributed by atoms with Gasteiger partial charge in [0.25, 0.3) is 6.47 Å². The smallest absolute Gasteiger partial charge is 0.290 e. The predicted molar refractivity (Wildman–Crippen MR) is 34.2 cm³/mol. The number of nitrogens with one attached hydrogen (secondary N) is 1. The van der Waals surface area contributed by atoms with Gasteiger partial charge in [-0.3, -0.25) is 4.79 Å². The summed E-state index contributed by atoms with van der Waals surface area (Å²) in [5.41, 5.74) is 5.47. The number of hydrogen-bond donors (Lipinski definition) is 3. The second-order valence-electron chi connectivity index (χ2n) is 1.86. The Morgan fingerprint density at radius 1 is 1.78 bits per heavy atom. The number of nitrogens with two attached hydrogens (primary N) is 1.